The number of carbonyl (C=O) groups is 4. The molecule has 1 fully saturated rings. The Morgan fingerprint density at radius 3 is 1.92 bits per heavy atom. The van der Waals surface area contributed by atoms with Gasteiger partial charge in [0, 0.05) is 27.7 Å². The van der Waals surface area contributed by atoms with E-state index in [9.17, 15) is 19.2 Å². The van der Waals surface area contributed by atoms with E-state index in [4.69, 9.17) is 23.7 Å². The third kappa shape index (κ3) is 6.73. The van der Waals surface area contributed by atoms with E-state index < -0.39 is 54.5 Å². The van der Waals surface area contributed by atoms with Gasteiger partial charge in [-0.2, -0.15) is 0 Å². The first-order valence-corrected chi connectivity index (χ1v) is 11.8. The Morgan fingerprint density at radius 1 is 0.838 bits per heavy atom. The van der Waals surface area contributed by atoms with Crippen LogP contribution in [0.15, 0.2) is 30.9 Å². The molecule has 0 aliphatic carbocycles. The molecule has 0 spiro atoms. The predicted octanol–water partition coefficient (Wildman–Crippen LogP) is 1.95. The summed E-state index contributed by atoms with van der Waals surface area (Å²) >= 11 is 0. The number of benzene rings is 1. The lowest BCUT2D eigenvalue weighted by atomic mass is 9.97. The molecule has 0 saturated carbocycles. The average molecular weight is 518 g/mol. The van der Waals surface area contributed by atoms with E-state index in [1.807, 2.05) is 31.5 Å². The summed E-state index contributed by atoms with van der Waals surface area (Å²) < 4.78 is 31.4. The summed E-state index contributed by atoms with van der Waals surface area (Å²) in [6.45, 7) is 10.6. The van der Waals surface area contributed by atoms with E-state index in [-0.39, 0.29) is 6.61 Å². The van der Waals surface area contributed by atoms with Crippen molar-refractivity contribution < 1.29 is 47.4 Å². The summed E-state index contributed by atoms with van der Waals surface area (Å²) in [6, 6.07) is 4.14. The molecule has 0 radical (unpaired) electrons. The van der Waals surface area contributed by atoms with Crippen molar-refractivity contribution in [3.05, 3.63) is 47.5 Å². The van der Waals surface area contributed by atoms with Gasteiger partial charge in [-0.15, -0.1) is 0 Å². The highest BCUT2D eigenvalue weighted by molar-refractivity contribution is 5.68. The quantitative estimate of drug-likeness (QED) is 0.308. The summed E-state index contributed by atoms with van der Waals surface area (Å²) in [5.41, 5.74) is 4.22. The lowest BCUT2D eigenvalue weighted by molar-refractivity contribution is -0.777. The normalized spacial score (nSPS) is 23.2. The molecule has 0 amide bonds. The second-order valence-electron chi connectivity index (χ2n) is 9.11. The van der Waals surface area contributed by atoms with E-state index in [0.717, 1.165) is 22.4 Å². The highest BCUT2D eigenvalue weighted by atomic mass is 16.7. The maximum atomic E-state index is 12.1. The minimum Gasteiger partial charge on any atom is -0.463 e. The Hall–Kier alpha value is -3.73. The number of aromatic nitrogens is 2. The Balaban J connectivity index is 2.09. The molecule has 5 atom stereocenters. The van der Waals surface area contributed by atoms with Gasteiger partial charge >= 0.3 is 23.9 Å². The molecule has 200 valence electrons. The molecule has 3 rings (SSSR count). The van der Waals surface area contributed by atoms with Gasteiger partial charge in [0.15, 0.2) is 12.2 Å². The van der Waals surface area contributed by atoms with Gasteiger partial charge in [-0.1, -0.05) is 17.7 Å². The molecular formula is C26H33N2O9+. The van der Waals surface area contributed by atoms with Crippen LogP contribution in [0.2, 0.25) is 0 Å². The highest BCUT2D eigenvalue weighted by Gasteiger charge is 2.54. The molecule has 1 aliphatic rings. The molecule has 0 N–H and O–H groups in total. The summed E-state index contributed by atoms with van der Waals surface area (Å²) in [7, 11) is 0. The second kappa shape index (κ2) is 11.5. The van der Waals surface area contributed by atoms with E-state index in [2.05, 4.69) is 12.1 Å². The lowest BCUT2D eigenvalue weighted by Gasteiger charge is -2.42. The molecule has 11 heteroatoms. The largest absolute Gasteiger partial charge is 0.463 e. The zero-order chi connectivity index (χ0) is 27.4. The topological polar surface area (TPSA) is 123 Å². The Morgan fingerprint density at radius 2 is 1.38 bits per heavy atom. The summed E-state index contributed by atoms with van der Waals surface area (Å²) in [5, 5.41) is 0. The molecule has 1 aliphatic heterocycles. The first-order valence-electron chi connectivity index (χ1n) is 11.8. The van der Waals surface area contributed by atoms with Crippen molar-refractivity contribution in [2.24, 2.45) is 0 Å². The van der Waals surface area contributed by atoms with Crippen molar-refractivity contribution in [1.82, 2.24) is 4.57 Å². The van der Waals surface area contributed by atoms with Gasteiger partial charge in [-0.3, -0.25) is 19.2 Å². The summed E-state index contributed by atoms with van der Waals surface area (Å²) in [4.78, 5) is 47.6. The number of hydrogen-bond donors (Lipinski definition) is 0. The van der Waals surface area contributed by atoms with Crippen molar-refractivity contribution in [3.63, 3.8) is 0 Å². The van der Waals surface area contributed by atoms with Crippen LogP contribution in [0, 0.1) is 20.8 Å². The van der Waals surface area contributed by atoms with Crippen molar-refractivity contribution in [2.75, 3.05) is 6.61 Å². The first-order chi connectivity index (χ1) is 17.4. The fourth-order valence-corrected chi connectivity index (χ4v) is 4.68. The van der Waals surface area contributed by atoms with Gasteiger partial charge in [-0.25, -0.2) is 9.13 Å². The molecule has 2 heterocycles. The Kier molecular flexibility index (Phi) is 8.69. The summed E-state index contributed by atoms with van der Waals surface area (Å²) in [5.74, 6) is -2.58. The molecule has 0 bridgehead atoms. The molecule has 1 aromatic heterocycles. The fourth-order valence-electron chi connectivity index (χ4n) is 4.68. The monoisotopic (exact) mass is 517 g/mol. The van der Waals surface area contributed by atoms with Crippen LogP contribution in [0.1, 0.15) is 50.6 Å². The molecule has 37 heavy (non-hydrogen) atoms. The number of carbonyl (C=O) groups excluding carboxylic acids is 4. The van der Waals surface area contributed by atoms with Crippen LogP contribution in [0.3, 0.4) is 0 Å². The number of ether oxygens (including phenoxy) is 5. The molecule has 0 unspecified atom stereocenters. The van der Waals surface area contributed by atoms with Gasteiger partial charge in [0.25, 0.3) is 6.33 Å². The first kappa shape index (κ1) is 27.9. The number of rotatable bonds is 7. The zero-order valence-electron chi connectivity index (χ0n) is 22.0. The van der Waals surface area contributed by atoms with E-state index in [1.165, 1.54) is 27.7 Å². The van der Waals surface area contributed by atoms with Crippen molar-refractivity contribution in [2.45, 2.75) is 79.1 Å². The predicted molar refractivity (Wildman–Crippen MR) is 127 cm³/mol. The van der Waals surface area contributed by atoms with E-state index in [1.54, 1.807) is 17.1 Å². The van der Waals surface area contributed by atoms with Crippen LogP contribution in [0.5, 0.6) is 0 Å². The molecular weight excluding hydrogens is 484 g/mol. The standard InChI is InChI=1S/C26H33N2O9/c1-14-10-15(2)22(16(3)11-14)27-8-9-28(13-27)26-25(36-20(7)32)24(35-19(6)31)23(34-18(5)30)21(37-26)12-33-17(4)29/h8-11,13,21,23-26H,12H2,1-7H3/q+1/t21-,23+,24+,25-,26-/m1/s1. The van der Waals surface area contributed by atoms with Gasteiger partial charge in [0.1, 0.15) is 30.8 Å². The lowest BCUT2D eigenvalue weighted by Crippen LogP contribution is -2.65. The maximum Gasteiger partial charge on any atom is 0.303 e. The number of imidazole rings is 1. The average Bonchev–Trinajstić information content (AvgIpc) is 3.22. The number of esters is 4. The van der Waals surface area contributed by atoms with Crippen LogP contribution in [0.25, 0.3) is 5.69 Å². The van der Waals surface area contributed by atoms with E-state index >= 15 is 0 Å². The van der Waals surface area contributed by atoms with Gasteiger partial charge < -0.3 is 23.7 Å². The molecule has 11 nitrogen and oxygen atoms in total. The third-order valence-electron chi connectivity index (χ3n) is 5.81. The minimum atomic E-state index is -1.23. The van der Waals surface area contributed by atoms with Crippen LogP contribution < -0.4 is 4.57 Å². The van der Waals surface area contributed by atoms with Crippen molar-refractivity contribution in [3.8, 4) is 5.69 Å². The van der Waals surface area contributed by atoms with Gasteiger partial charge in [0.05, 0.1) is 0 Å². The highest BCUT2D eigenvalue weighted by Crippen LogP contribution is 2.32. The van der Waals surface area contributed by atoms with Crippen molar-refractivity contribution in [1.29, 1.82) is 0 Å². The van der Waals surface area contributed by atoms with Crippen LogP contribution >= 0.6 is 0 Å². The van der Waals surface area contributed by atoms with Gasteiger partial charge in [0.2, 0.25) is 12.3 Å². The molecule has 2 aromatic rings. The summed E-state index contributed by atoms with van der Waals surface area (Å²) in [6.07, 6.45) is -0.348. The van der Waals surface area contributed by atoms with Crippen molar-refractivity contribution >= 4 is 23.9 Å². The maximum absolute atomic E-state index is 12.1. The van der Waals surface area contributed by atoms with Gasteiger partial charge in [-0.05, 0) is 31.9 Å². The smallest absolute Gasteiger partial charge is 0.303 e. The second-order valence-corrected chi connectivity index (χ2v) is 9.11. The Labute approximate surface area is 215 Å². The van der Waals surface area contributed by atoms with E-state index in [0.29, 0.717) is 0 Å². The Bertz CT molecular complexity index is 1170. The number of aryl methyl sites for hydroxylation is 3. The third-order valence-corrected chi connectivity index (χ3v) is 5.81. The minimum absolute atomic E-state index is 0.286. The fraction of sp³-hybridized carbons (Fsp3) is 0.500. The number of hydrogen-bond acceptors (Lipinski definition) is 9. The van der Waals surface area contributed by atoms with Crippen LogP contribution in [-0.4, -0.2) is 59.5 Å². The molecule has 1 aromatic carbocycles. The number of nitrogens with zero attached hydrogens (tertiary/aromatic N) is 2. The SMILES string of the molecule is CC(=O)OC[C@H]1O[C@@H]([n+]2ccn(-c3c(C)cc(C)cc3C)c2)[C@H](OC(C)=O)[C@@H](OC(C)=O)[C@H]1OC(C)=O. The zero-order valence-corrected chi connectivity index (χ0v) is 22.0. The van der Waals surface area contributed by atoms with Crippen LogP contribution in [-0.2, 0) is 42.9 Å². The molecule has 1 saturated heterocycles. The van der Waals surface area contributed by atoms with Crippen LogP contribution in [0.4, 0.5) is 0 Å².